The summed E-state index contributed by atoms with van der Waals surface area (Å²) in [5, 5.41) is 23.7. The Morgan fingerprint density at radius 1 is 0.513 bits per heavy atom. The third-order valence-electron chi connectivity index (χ3n) is 14.7. The Morgan fingerprint density at radius 2 is 1.09 bits per heavy atom. The zero-order valence-corrected chi connectivity index (χ0v) is 48.4. The molecular weight excluding hydrogens is 1110 g/mol. The quantitative estimate of drug-likeness (QED) is 0.146. The molecule has 0 atom stereocenters. The standard InChI is InChI=1S/C69H68N5O.Pt/c1-42(2)53-36-47(45-23-16-14-17-24-45)37-54(43(3)4)63(53)74-61-30-22-27-52(62(61)72-66(74)56-39-51(68(8,9)10)40-57(64(56)75)69(11,12)13)48-33-44(41-70)34-49(35-48)65-71-58-28-20-21-29-60(58)73(65)59-32-31-50(67(5,6)7)38-55(59)46-25-18-15-19-26-46;/h14-34,36-40,42-43,75H,1-13H3;/q-1;. The minimum absolute atomic E-state index is 0. The SMILES string of the molecule is CC(C)c1cc(-c2ccccc2)cc(C(C)C)c1-n1c(-c2cc(C(C)(C)C)cc(C(C)(C)C)c2O)nc2c(-c3[c-]c(-c4nc5ccccc5n4-c4ccc(C(C)(C)C)cc4-c4ccccc4)cc(C#N)c3)cccc21.[Pt]. The third kappa shape index (κ3) is 9.87. The number of para-hydroxylation sites is 3. The molecule has 0 aliphatic heterocycles. The van der Waals surface area contributed by atoms with Crippen molar-refractivity contribution in [2.45, 2.75) is 118 Å². The van der Waals surface area contributed by atoms with E-state index in [0.29, 0.717) is 33.9 Å². The molecule has 0 radical (unpaired) electrons. The summed E-state index contributed by atoms with van der Waals surface area (Å²) in [6.45, 7) is 28.9. The number of aromatic hydroxyl groups is 1. The summed E-state index contributed by atoms with van der Waals surface area (Å²) >= 11 is 0. The van der Waals surface area contributed by atoms with E-state index in [1.165, 1.54) is 16.7 Å². The normalized spacial score (nSPS) is 12.2. The van der Waals surface area contributed by atoms with Gasteiger partial charge in [-0.2, -0.15) is 5.26 Å². The predicted molar refractivity (Wildman–Crippen MR) is 312 cm³/mol. The number of benzene rings is 8. The molecule has 76 heavy (non-hydrogen) atoms. The summed E-state index contributed by atoms with van der Waals surface area (Å²) in [4.78, 5) is 11.1. The van der Waals surface area contributed by atoms with Crippen LogP contribution in [-0.4, -0.2) is 24.2 Å². The zero-order valence-electron chi connectivity index (χ0n) is 46.2. The maximum absolute atomic E-state index is 12.8. The van der Waals surface area contributed by atoms with Gasteiger partial charge < -0.3 is 9.67 Å². The Morgan fingerprint density at radius 3 is 1.70 bits per heavy atom. The molecule has 7 heteroatoms. The molecule has 2 heterocycles. The summed E-state index contributed by atoms with van der Waals surface area (Å²) in [5.74, 6) is 1.80. The average Bonchev–Trinajstić information content (AvgIpc) is 3.97. The van der Waals surface area contributed by atoms with Crippen molar-refractivity contribution < 1.29 is 26.2 Å². The van der Waals surface area contributed by atoms with Crippen LogP contribution in [0.4, 0.5) is 0 Å². The van der Waals surface area contributed by atoms with Crippen molar-refractivity contribution in [1.29, 1.82) is 5.26 Å². The second kappa shape index (κ2) is 20.3. The van der Waals surface area contributed by atoms with Crippen LogP contribution in [0.15, 0.2) is 158 Å². The van der Waals surface area contributed by atoms with Crippen LogP contribution in [0.5, 0.6) is 5.75 Å². The van der Waals surface area contributed by atoms with Crippen LogP contribution in [-0.2, 0) is 37.3 Å². The Kier molecular flexibility index (Phi) is 14.3. The van der Waals surface area contributed by atoms with E-state index in [4.69, 9.17) is 9.97 Å². The maximum Gasteiger partial charge on any atom is 0.148 e. The molecule has 0 unspecified atom stereocenters. The number of phenols is 1. The number of imidazole rings is 2. The first kappa shape index (κ1) is 53.5. The van der Waals surface area contributed by atoms with Crippen LogP contribution >= 0.6 is 0 Å². The average molecular weight is 1180 g/mol. The Bertz CT molecular complexity index is 3820. The number of nitrogens with zero attached hydrogens (tertiary/aromatic N) is 5. The van der Waals surface area contributed by atoms with Crippen LogP contribution in [0.3, 0.4) is 0 Å². The number of aromatic nitrogens is 4. The number of hydrogen-bond donors (Lipinski definition) is 1. The van der Waals surface area contributed by atoms with E-state index in [0.717, 1.165) is 72.4 Å². The fourth-order valence-corrected chi connectivity index (χ4v) is 10.5. The Labute approximate surface area is 464 Å². The van der Waals surface area contributed by atoms with Crippen molar-refractivity contribution in [3.05, 3.63) is 197 Å². The van der Waals surface area contributed by atoms with Crippen molar-refractivity contribution in [2.75, 3.05) is 0 Å². The zero-order chi connectivity index (χ0) is 53.3. The van der Waals surface area contributed by atoms with Gasteiger partial charge in [0.2, 0.25) is 0 Å². The molecule has 0 aliphatic carbocycles. The van der Waals surface area contributed by atoms with Crippen LogP contribution in [0.2, 0.25) is 0 Å². The van der Waals surface area contributed by atoms with Gasteiger partial charge in [0.05, 0.1) is 45.2 Å². The first-order valence-corrected chi connectivity index (χ1v) is 26.4. The van der Waals surface area contributed by atoms with Crippen molar-refractivity contribution in [3.8, 4) is 79.3 Å². The topological polar surface area (TPSA) is 79.7 Å². The fourth-order valence-electron chi connectivity index (χ4n) is 10.5. The number of nitriles is 1. The minimum atomic E-state index is -0.373. The molecule has 6 nitrogen and oxygen atoms in total. The van der Waals surface area contributed by atoms with Gasteiger partial charge in [-0.3, -0.25) is 9.55 Å². The summed E-state index contributed by atoms with van der Waals surface area (Å²) < 4.78 is 4.54. The molecule has 0 bridgehead atoms. The predicted octanol–water partition coefficient (Wildman–Crippen LogP) is 18.2. The van der Waals surface area contributed by atoms with Gasteiger partial charge in [-0.15, -0.1) is 23.8 Å². The molecule has 0 aliphatic rings. The van der Waals surface area contributed by atoms with Gasteiger partial charge in [-0.1, -0.05) is 198 Å². The molecule has 8 aromatic carbocycles. The monoisotopic (exact) mass is 1180 g/mol. The number of hydrogen-bond acceptors (Lipinski definition) is 4. The smallest absolute Gasteiger partial charge is 0.148 e. The van der Waals surface area contributed by atoms with Gasteiger partial charge >= 0.3 is 0 Å². The molecular formula is C69H68N5OPt-. The van der Waals surface area contributed by atoms with Gasteiger partial charge in [-0.05, 0) is 121 Å². The summed E-state index contributed by atoms with van der Waals surface area (Å²) in [5.41, 5.74) is 18.2. The van der Waals surface area contributed by atoms with E-state index >= 15 is 0 Å². The van der Waals surface area contributed by atoms with Gasteiger partial charge in [-0.25, -0.2) is 4.98 Å². The summed E-state index contributed by atoms with van der Waals surface area (Å²) in [7, 11) is 0. The van der Waals surface area contributed by atoms with Gasteiger partial charge in [0.25, 0.3) is 0 Å². The molecule has 10 aromatic rings. The molecule has 0 fully saturated rings. The first-order valence-electron chi connectivity index (χ1n) is 26.4. The maximum atomic E-state index is 12.8. The van der Waals surface area contributed by atoms with Crippen LogP contribution in [0.25, 0.3) is 89.6 Å². The van der Waals surface area contributed by atoms with E-state index < -0.39 is 0 Å². The van der Waals surface area contributed by atoms with Gasteiger partial charge in [0.15, 0.2) is 0 Å². The summed E-state index contributed by atoms with van der Waals surface area (Å²) in [6, 6.07) is 61.6. The fraction of sp³-hybridized carbons (Fsp3) is 0.261. The largest absolute Gasteiger partial charge is 0.507 e. The van der Waals surface area contributed by atoms with Crippen molar-refractivity contribution in [2.24, 2.45) is 0 Å². The van der Waals surface area contributed by atoms with Crippen LogP contribution in [0, 0.1) is 17.4 Å². The Balaban J connectivity index is 0.00000706. The molecule has 386 valence electrons. The van der Waals surface area contributed by atoms with E-state index in [-0.39, 0.29) is 54.9 Å². The second-order valence-electron chi connectivity index (χ2n) is 24.0. The Hall–Kier alpha value is -7.32. The molecule has 1 N–H and O–H groups in total. The number of fused-ring (bicyclic) bond motifs is 2. The van der Waals surface area contributed by atoms with Crippen LogP contribution in [0.1, 0.15) is 135 Å². The van der Waals surface area contributed by atoms with Gasteiger partial charge in [0.1, 0.15) is 11.6 Å². The summed E-state index contributed by atoms with van der Waals surface area (Å²) in [6.07, 6.45) is 0. The molecule has 0 saturated carbocycles. The van der Waals surface area contributed by atoms with Crippen LogP contribution < -0.4 is 0 Å². The minimum Gasteiger partial charge on any atom is -0.507 e. The van der Waals surface area contributed by atoms with Crippen molar-refractivity contribution in [3.63, 3.8) is 0 Å². The second-order valence-corrected chi connectivity index (χ2v) is 24.0. The van der Waals surface area contributed by atoms with Crippen molar-refractivity contribution >= 4 is 22.1 Å². The van der Waals surface area contributed by atoms with E-state index in [1.807, 2.05) is 30.3 Å². The van der Waals surface area contributed by atoms with E-state index in [2.05, 4.69) is 239 Å². The first-order chi connectivity index (χ1) is 35.6. The molecule has 2 aromatic heterocycles. The van der Waals surface area contributed by atoms with E-state index in [1.54, 1.807) is 0 Å². The number of rotatable bonds is 9. The molecule has 0 spiro atoms. The molecule has 10 rings (SSSR count). The number of phenolic OH excluding ortho intramolecular Hbond substituents is 1. The van der Waals surface area contributed by atoms with Gasteiger partial charge in [0, 0.05) is 37.9 Å². The molecule has 0 saturated heterocycles. The van der Waals surface area contributed by atoms with E-state index in [9.17, 15) is 10.4 Å². The van der Waals surface area contributed by atoms with Crippen molar-refractivity contribution in [1.82, 2.24) is 19.1 Å². The third-order valence-corrected chi connectivity index (χ3v) is 14.7. The molecule has 0 amide bonds.